The SMILES string of the molecule is [11CH3]n1cnc2c(NCc3ccccc3Cl)nc(F)nc21. The second-order valence-corrected chi connectivity index (χ2v) is 4.72. The summed E-state index contributed by atoms with van der Waals surface area (Å²) in [4.78, 5) is 11.6. The Morgan fingerprint density at radius 3 is 2.90 bits per heavy atom. The number of benzene rings is 1. The summed E-state index contributed by atoms with van der Waals surface area (Å²) in [5.74, 6) is 0.355. The van der Waals surface area contributed by atoms with Gasteiger partial charge in [-0.1, -0.05) is 29.8 Å². The highest BCUT2D eigenvalue weighted by atomic mass is 35.5. The van der Waals surface area contributed by atoms with Crippen molar-refractivity contribution >= 4 is 28.6 Å². The minimum absolute atomic E-state index is 0.355. The minimum atomic E-state index is -0.789. The van der Waals surface area contributed by atoms with E-state index in [1.54, 1.807) is 24.0 Å². The van der Waals surface area contributed by atoms with Crippen LogP contribution in [0.25, 0.3) is 11.2 Å². The molecule has 3 aromatic rings. The third kappa shape index (κ3) is 2.30. The Kier molecular flexibility index (Phi) is 3.23. The molecule has 1 N–H and O–H groups in total. The van der Waals surface area contributed by atoms with Crippen molar-refractivity contribution in [1.29, 1.82) is 0 Å². The molecule has 0 saturated heterocycles. The molecule has 20 heavy (non-hydrogen) atoms. The van der Waals surface area contributed by atoms with Gasteiger partial charge < -0.3 is 9.88 Å². The molecule has 2 heterocycles. The molecule has 0 spiro atoms. The van der Waals surface area contributed by atoms with E-state index in [0.29, 0.717) is 28.5 Å². The zero-order chi connectivity index (χ0) is 14.1. The molecule has 102 valence electrons. The van der Waals surface area contributed by atoms with E-state index in [4.69, 9.17) is 11.6 Å². The lowest BCUT2D eigenvalue weighted by Crippen LogP contribution is -2.05. The van der Waals surface area contributed by atoms with E-state index < -0.39 is 6.08 Å². The molecule has 0 aliphatic carbocycles. The summed E-state index contributed by atoms with van der Waals surface area (Å²) in [5, 5.41) is 3.69. The molecule has 0 fully saturated rings. The molecule has 0 radical (unpaired) electrons. The van der Waals surface area contributed by atoms with Crippen molar-refractivity contribution < 1.29 is 4.39 Å². The van der Waals surface area contributed by atoms with E-state index in [9.17, 15) is 4.39 Å². The molecule has 0 bridgehead atoms. The molecule has 0 saturated carbocycles. The monoisotopic (exact) mass is 290 g/mol. The molecule has 0 aliphatic rings. The van der Waals surface area contributed by atoms with Gasteiger partial charge in [0.25, 0.3) is 0 Å². The highest BCUT2D eigenvalue weighted by Gasteiger charge is 2.12. The van der Waals surface area contributed by atoms with Gasteiger partial charge in [-0.3, -0.25) is 0 Å². The average molecular weight is 291 g/mol. The van der Waals surface area contributed by atoms with Gasteiger partial charge in [-0.15, -0.1) is 0 Å². The van der Waals surface area contributed by atoms with Gasteiger partial charge in [0.05, 0.1) is 6.33 Å². The van der Waals surface area contributed by atoms with E-state index >= 15 is 0 Å². The Bertz CT molecular complexity index is 771. The van der Waals surface area contributed by atoms with Crippen LogP contribution in [0.4, 0.5) is 10.2 Å². The van der Waals surface area contributed by atoms with E-state index in [1.165, 1.54) is 0 Å². The van der Waals surface area contributed by atoms with Crippen LogP contribution in [0.2, 0.25) is 5.02 Å². The van der Waals surface area contributed by atoms with Crippen LogP contribution >= 0.6 is 11.6 Å². The summed E-state index contributed by atoms with van der Waals surface area (Å²) in [6, 6.07) is 7.44. The number of nitrogens with one attached hydrogen (secondary N) is 1. The topological polar surface area (TPSA) is 55.6 Å². The Labute approximate surface area is 119 Å². The van der Waals surface area contributed by atoms with Crippen LogP contribution in [0, 0.1) is 6.08 Å². The summed E-state index contributed by atoms with van der Waals surface area (Å²) in [7, 11) is 1.75. The number of hydrogen-bond donors (Lipinski definition) is 1. The molecule has 3 rings (SSSR count). The fourth-order valence-electron chi connectivity index (χ4n) is 1.92. The lowest BCUT2D eigenvalue weighted by atomic mass is 10.2. The van der Waals surface area contributed by atoms with E-state index in [2.05, 4.69) is 20.3 Å². The van der Waals surface area contributed by atoms with Gasteiger partial charge in [0.2, 0.25) is 0 Å². The molecular weight excluding hydrogens is 280 g/mol. The highest BCUT2D eigenvalue weighted by molar-refractivity contribution is 6.31. The quantitative estimate of drug-likeness (QED) is 0.754. The molecule has 0 amide bonds. The number of nitrogens with zero attached hydrogens (tertiary/aromatic N) is 4. The first kappa shape index (κ1) is 12.8. The van der Waals surface area contributed by atoms with Gasteiger partial charge in [0.15, 0.2) is 17.0 Å². The second-order valence-electron chi connectivity index (χ2n) is 4.31. The van der Waals surface area contributed by atoms with Crippen LogP contribution < -0.4 is 5.32 Å². The fraction of sp³-hybridized carbons (Fsp3) is 0.154. The summed E-state index contributed by atoms with van der Waals surface area (Å²) < 4.78 is 15.1. The van der Waals surface area contributed by atoms with Crippen molar-refractivity contribution in [2.75, 3.05) is 5.32 Å². The number of hydrogen-bond acceptors (Lipinski definition) is 4. The summed E-state index contributed by atoms with van der Waals surface area (Å²) in [6.45, 7) is 0.432. The highest BCUT2D eigenvalue weighted by Crippen LogP contribution is 2.20. The predicted octanol–water partition coefficient (Wildman–Crippen LogP) is 2.77. The van der Waals surface area contributed by atoms with Crippen molar-refractivity contribution in [3.63, 3.8) is 0 Å². The van der Waals surface area contributed by atoms with Crippen molar-refractivity contribution in [3.8, 4) is 0 Å². The first-order chi connectivity index (χ1) is 9.65. The minimum Gasteiger partial charge on any atom is -0.364 e. The molecule has 7 heteroatoms. The molecule has 0 atom stereocenters. The van der Waals surface area contributed by atoms with Crippen molar-refractivity contribution in [1.82, 2.24) is 19.5 Å². The first-order valence-electron chi connectivity index (χ1n) is 5.97. The molecule has 0 unspecified atom stereocenters. The van der Waals surface area contributed by atoms with Crippen molar-refractivity contribution in [2.45, 2.75) is 6.54 Å². The fourth-order valence-corrected chi connectivity index (χ4v) is 2.13. The predicted molar refractivity (Wildman–Crippen MR) is 75.0 cm³/mol. The van der Waals surface area contributed by atoms with Crippen LogP contribution in [0.5, 0.6) is 0 Å². The maximum absolute atomic E-state index is 13.4. The first-order valence-corrected chi connectivity index (χ1v) is 6.35. The standard InChI is InChI=1S/C13H11ClFN5/c1-20-7-17-10-11(18-13(15)19-12(10)20)16-6-8-4-2-3-5-9(8)14/h2-5,7H,6H2,1H3,(H,16,18,19)/i1-1. The molecule has 1 aromatic carbocycles. The van der Waals surface area contributed by atoms with E-state index in [-0.39, 0.29) is 0 Å². The number of imidazole rings is 1. The number of fused-ring (bicyclic) bond motifs is 1. The second kappa shape index (κ2) is 5.05. The van der Waals surface area contributed by atoms with Crippen LogP contribution in [0.1, 0.15) is 5.56 Å². The molecular formula is C13H11ClFN5. The third-order valence-corrected chi connectivity index (χ3v) is 3.31. The van der Waals surface area contributed by atoms with Crippen molar-refractivity contribution in [3.05, 3.63) is 47.3 Å². The maximum atomic E-state index is 13.4. The van der Waals surface area contributed by atoms with E-state index in [0.717, 1.165) is 5.56 Å². The lowest BCUT2D eigenvalue weighted by Gasteiger charge is -2.07. The Hall–Kier alpha value is -2.21. The van der Waals surface area contributed by atoms with Gasteiger partial charge >= 0.3 is 6.08 Å². The van der Waals surface area contributed by atoms with Gasteiger partial charge in [0, 0.05) is 18.6 Å². The Morgan fingerprint density at radius 1 is 1.30 bits per heavy atom. The third-order valence-electron chi connectivity index (χ3n) is 2.94. The van der Waals surface area contributed by atoms with Gasteiger partial charge in [-0.05, 0) is 11.6 Å². The summed E-state index contributed by atoms with van der Waals surface area (Å²) >= 11 is 6.08. The zero-order valence-corrected chi connectivity index (χ0v) is 11.4. The van der Waals surface area contributed by atoms with Crippen LogP contribution in [0.3, 0.4) is 0 Å². The van der Waals surface area contributed by atoms with Crippen LogP contribution in [0.15, 0.2) is 30.6 Å². The smallest absolute Gasteiger partial charge is 0.312 e. The van der Waals surface area contributed by atoms with Crippen molar-refractivity contribution in [2.24, 2.45) is 7.05 Å². The lowest BCUT2D eigenvalue weighted by molar-refractivity contribution is 0.543. The Balaban J connectivity index is 1.93. The number of anilines is 1. The molecule has 0 aliphatic heterocycles. The maximum Gasteiger partial charge on any atom is 0.312 e. The molecule has 5 nitrogen and oxygen atoms in total. The van der Waals surface area contributed by atoms with Crippen LogP contribution in [-0.4, -0.2) is 19.5 Å². The number of aromatic nitrogens is 4. The average Bonchev–Trinajstić information content (AvgIpc) is 2.79. The molecule has 2 aromatic heterocycles. The van der Waals surface area contributed by atoms with Crippen LogP contribution in [-0.2, 0) is 13.6 Å². The van der Waals surface area contributed by atoms with Gasteiger partial charge in [0.1, 0.15) is 0 Å². The van der Waals surface area contributed by atoms with Gasteiger partial charge in [-0.2, -0.15) is 14.4 Å². The number of rotatable bonds is 3. The number of aryl methyl sites for hydroxylation is 1. The largest absolute Gasteiger partial charge is 0.364 e. The summed E-state index contributed by atoms with van der Waals surface area (Å²) in [6.07, 6.45) is 0.780. The summed E-state index contributed by atoms with van der Waals surface area (Å²) in [5.41, 5.74) is 1.87. The normalized spacial score (nSPS) is 10.9. The van der Waals surface area contributed by atoms with Gasteiger partial charge in [-0.25, -0.2) is 4.98 Å². The Morgan fingerprint density at radius 2 is 2.10 bits per heavy atom. The number of halogens is 2. The van der Waals surface area contributed by atoms with E-state index in [1.807, 2.05) is 18.2 Å². The zero-order valence-electron chi connectivity index (χ0n) is 10.6.